The molecule has 0 spiro atoms. The summed E-state index contributed by atoms with van der Waals surface area (Å²) in [6.07, 6.45) is 1.15. The van der Waals surface area contributed by atoms with Crippen molar-refractivity contribution in [1.29, 1.82) is 0 Å². The molecule has 6 heteroatoms. The summed E-state index contributed by atoms with van der Waals surface area (Å²) in [6.45, 7) is 6.46. The topological polar surface area (TPSA) is 52.6 Å². The molecule has 1 rings (SSSR count). The van der Waals surface area contributed by atoms with Gasteiger partial charge >= 0.3 is 0 Å². The van der Waals surface area contributed by atoms with Crippen LogP contribution in [0.4, 0.5) is 4.39 Å². The zero-order chi connectivity index (χ0) is 14.8. The third-order valence-electron chi connectivity index (χ3n) is 2.49. The molecule has 114 valence electrons. The predicted molar refractivity (Wildman–Crippen MR) is 74.4 cm³/mol. The van der Waals surface area contributed by atoms with Crippen molar-refractivity contribution in [1.82, 2.24) is 10.3 Å². The second-order valence-electron chi connectivity index (χ2n) is 4.61. The molecule has 0 bridgehead atoms. The lowest BCUT2D eigenvalue weighted by Crippen LogP contribution is -2.22. The molecule has 0 saturated carbocycles. The maximum Gasteiger partial charge on any atom is 0.218 e. The zero-order valence-electron chi connectivity index (χ0n) is 12.3. The van der Waals surface area contributed by atoms with Crippen LogP contribution in [-0.4, -0.2) is 44.6 Å². The molecule has 1 aromatic heterocycles. The molecular formula is C14H23FN2O3. The minimum Gasteiger partial charge on any atom is -0.475 e. The van der Waals surface area contributed by atoms with Gasteiger partial charge in [0.05, 0.1) is 26.0 Å². The van der Waals surface area contributed by atoms with Crippen molar-refractivity contribution in [3.05, 3.63) is 23.6 Å². The molecule has 0 saturated heterocycles. The fraction of sp³-hybridized carbons (Fsp3) is 0.643. The van der Waals surface area contributed by atoms with Gasteiger partial charge in [0.2, 0.25) is 5.88 Å². The van der Waals surface area contributed by atoms with Crippen LogP contribution in [-0.2, 0) is 16.0 Å². The molecule has 1 N–H and O–H groups in total. The number of hydrogen-bond donors (Lipinski definition) is 1. The number of hydrogen-bond acceptors (Lipinski definition) is 5. The summed E-state index contributed by atoms with van der Waals surface area (Å²) in [5.41, 5.74) is 0.704. The molecule has 0 fully saturated rings. The fourth-order valence-corrected chi connectivity index (χ4v) is 1.48. The normalized spacial score (nSPS) is 11.1. The lowest BCUT2D eigenvalue weighted by Gasteiger charge is -2.13. The molecule has 0 aliphatic heterocycles. The summed E-state index contributed by atoms with van der Waals surface area (Å²) in [7, 11) is 1.62. The van der Waals surface area contributed by atoms with Crippen LogP contribution in [0.15, 0.2) is 12.3 Å². The van der Waals surface area contributed by atoms with Crippen molar-refractivity contribution in [2.45, 2.75) is 26.4 Å². The van der Waals surface area contributed by atoms with E-state index in [1.165, 1.54) is 6.07 Å². The second kappa shape index (κ2) is 9.63. The van der Waals surface area contributed by atoms with Gasteiger partial charge in [0, 0.05) is 25.3 Å². The highest BCUT2D eigenvalue weighted by atomic mass is 19.1. The number of pyridine rings is 1. The molecular weight excluding hydrogens is 263 g/mol. The predicted octanol–water partition coefficient (Wildman–Crippen LogP) is 1.76. The minimum atomic E-state index is -0.366. The molecule has 0 aliphatic carbocycles. The number of aromatic nitrogens is 1. The molecule has 0 atom stereocenters. The van der Waals surface area contributed by atoms with Crippen LogP contribution in [0.2, 0.25) is 0 Å². The molecule has 0 aliphatic rings. The minimum absolute atomic E-state index is 0.309. The van der Waals surface area contributed by atoms with Crippen molar-refractivity contribution in [3.8, 4) is 5.88 Å². The Morgan fingerprint density at radius 1 is 1.25 bits per heavy atom. The van der Waals surface area contributed by atoms with Crippen LogP contribution in [0.25, 0.3) is 0 Å². The van der Waals surface area contributed by atoms with Crippen molar-refractivity contribution in [3.63, 3.8) is 0 Å². The summed E-state index contributed by atoms with van der Waals surface area (Å²) < 4.78 is 28.9. The molecule has 1 heterocycles. The number of nitrogens with zero attached hydrogens (tertiary/aromatic N) is 1. The Balaban J connectivity index is 2.43. The van der Waals surface area contributed by atoms with Gasteiger partial charge in [-0.2, -0.15) is 0 Å². The summed E-state index contributed by atoms with van der Waals surface area (Å²) in [6, 6.07) is 1.74. The number of methoxy groups -OCH3 is 1. The van der Waals surface area contributed by atoms with Crippen LogP contribution < -0.4 is 10.1 Å². The third-order valence-corrected chi connectivity index (χ3v) is 2.49. The van der Waals surface area contributed by atoms with E-state index in [1.54, 1.807) is 7.11 Å². The van der Waals surface area contributed by atoms with E-state index >= 15 is 0 Å². The van der Waals surface area contributed by atoms with E-state index in [9.17, 15) is 4.39 Å². The van der Waals surface area contributed by atoms with Gasteiger partial charge in [-0.3, -0.25) is 0 Å². The van der Waals surface area contributed by atoms with Gasteiger partial charge in [0.1, 0.15) is 12.4 Å². The summed E-state index contributed by atoms with van der Waals surface area (Å²) in [4.78, 5) is 3.97. The summed E-state index contributed by atoms with van der Waals surface area (Å²) in [5.74, 6) is 0.0733. The Morgan fingerprint density at radius 3 is 2.70 bits per heavy atom. The third kappa shape index (κ3) is 6.79. The van der Waals surface area contributed by atoms with Crippen LogP contribution in [0.1, 0.15) is 19.4 Å². The summed E-state index contributed by atoms with van der Waals surface area (Å²) >= 11 is 0. The average Bonchev–Trinajstić information content (AvgIpc) is 2.42. The van der Waals surface area contributed by atoms with Gasteiger partial charge in [-0.1, -0.05) is 13.8 Å². The maximum atomic E-state index is 13.2. The fourth-order valence-electron chi connectivity index (χ4n) is 1.48. The quantitative estimate of drug-likeness (QED) is 0.664. The van der Waals surface area contributed by atoms with E-state index in [0.29, 0.717) is 50.5 Å². The Hall–Kier alpha value is -1.24. The van der Waals surface area contributed by atoms with Crippen molar-refractivity contribution < 1.29 is 18.6 Å². The standard InChI is InChI=1S/C14H23FN2O3/c1-11(2)16-9-12-8-13(15)10-17-14(12)20-7-6-19-5-4-18-3/h8,10-11,16H,4-7,9H2,1-3H3. The highest BCUT2D eigenvalue weighted by Gasteiger charge is 2.08. The van der Waals surface area contributed by atoms with E-state index in [0.717, 1.165) is 6.20 Å². The average molecular weight is 286 g/mol. The van der Waals surface area contributed by atoms with Gasteiger partial charge in [0.15, 0.2) is 0 Å². The van der Waals surface area contributed by atoms with Crippen molar-refractivity contribution in [2.24, 2.45) is 0 Å². The Labute approximate surface area is 119 Å². The molecule has 0 unspecified atom stereocenters. The summed E-state index contributed by atoms with van der Waals surface area (Å²) in [5, 5.41) is 3.21. The molecule has 0 radical (unpaired) electrons. The van der Waals surface area contributed by atoms with Crippen LogP contribution >= 0.6 is 0 Å². The van der Waals surface area contributed by atoms with Crippen LogP contribution in [0.5, 0.6) is 5.88 Å². The molecule has 0 amide bonds. The van der Waals surface area contributed by atoms with E-state index in [4.69, 9.17) is 14.2 Å². The first-order valence-electron chi connectivity index (χ1n) is 6.70. The Kier molecular flexibility index (Phi) is 8.10. The SMILES string of the molecule is COCCOCCOc1ncc(F)cc1CNC(C)C. The number of nitrogens with one attached hydrogen (secondary N) is 1. The molecule has 1 aromatic rings. The lowest BCUT2D eigenvalue weighted by molar-refractivity contribution is 0.0534. The van der Waals surface area contributed by atoms with Gasteiger partial charge in [-0.15, -0.1) is 0 Å². The highest BCUT2D eigenvalue weighted by molar-refractivity contribution is 5.26. The Bertz CT molecular complexity index is 389. The van der Waals surface area contributed by atoms with Crippen LogP contribution in [0.3, 0.4) is 0 Å². The molecule has 0 aromatic carbocycles. The largest absolute Gasteiger partial charge is 0.475 e. The monoisotopic (exact) mass is 286 g/mol. The van der Waals surface area contributed by atoms with Crippen molar-refractivity contribution in [2.75, 3.05) is 33.5 Å². The van der Waals surface area contributed by atoms with Gasteiger partial charge < -0.3 is 19.5 Å². The van der Waals surface area contributed by atoms with Gasteiger partial charge in [-0.05, 0) is 6.07 Å². The van der Waals surface area contributed by atoms with E-state index < -0.39 is 0 Å². The van der Waals surface area contributed by atoms with E-state index in [-0.39, 0.29) is 5.82 Å². The maximum absolute atomic E-state index is 13.2. The van der Waals surface area contributed by atoms with Gasteiger partial charge in [-0.25, -0.2) is 9.37 Å². The second-order valence-corrected chi connectivity index (χ2v) is 4.61. The highest BCUT2D eigenvalue weighted by Crippen LogP contribution is 2.16. The first-order valence-corrected chi connectivity index (χ1v) is 6.70. The first kappa shape index (κ1) is 16.8. The Morgan fingerprint density at radius 2 is 2.00 bits per heavy atom. The number of ether oxygens (including phenoxy) is 3. The zero-order valence-corrected chi connectivity index (χ0v) is 12.3. The van der Waals surface area contributed by atoms with E-state index in [1.807, 2.05) is 13.8 Å². The van der Waals surface area contributed by atoms with Gasteiger partial charge in [0.25, 0.3) is 0 Å². The lowest BCUT2D eigenvalue weighted by atomic mass is 10.2. The smallest absolute Gasteiger partial charge is 0.218 e. The van der Waals surface area contributed by atoms with Crippen molar-refractivity contribution >= 4 is 0 Å². The van der Waals surface area contributed by atoms with E-state index in [2.05, 4.69) is 10.3 Å². The first-order chi connectivity index (χ1) is 9.63. The van der Waals surface area contributed by atoms with Crippen LogP contribution in [0, 0.1) is 5.82 Å². The number of halogens is 1. The number of rotatable bonds is 10. The molecule has 20 heavy (non-hydrogen) atoms. The molecule has 5 nitrogen and oxygen atoms in total.